The molecular weight excluding hydrogens is 2200 g/mol. The number of alkyl halides is 1. The molecular formula is C108H128Br4ClF4N11O20. The fraction of sp³-hybridized carbons (Fsp3) is 0.315. The van der Waals surface area contributed by atoms with Crippen LogP contribution in [0.4, 0.5) is 46.0 Å². The van der Waals surface area contributed by atoms with Crippen LogP contribution in [-0.2, 0) is 48.8 Å². The van der Waals surface area contributed by atoms with Crippen LogP contribution in [0.1, 0.15) is 186 Å². The number of nitro groups is 4. The summed E-state index contributed by atoms with van der Waals surface area (Å²) in [4.78, 5) is 86.7. The van der Waals surface area contributed by atoms with Crippen molar-refractivity contribution in [2.24, 2.45) is 0 Å². The molecule has 17 rings (SSSR count). The summed E-state index contributed by atoms with van der Waals surface area (Å²) in [6, 6.07) is 46.9. The Morgan fingerprint density at radius 1 is 0.459 bits per heavy atom. The molecule has 2 aromatic heterocycles. The van der Waals surface area contributed by atoms with E-state index in [1.165, 1.54) is 103 Å². The van der Waals surface area contributed by atoms with Crippen molar-refractivity contribution in [3.63, 3.8) is 0 Å². The van der Waals surface area contributed by atoms with Gasteiger partial charge in [0.1, 0.15) is 98.1 Å². The number of aromatic hydroxyl groups is 1. The van der Waals surface area contributed by atoms with Crippen LogP contribution in [0.2, 0.25) is 5.15 Å². The van der Waals surface area contributed by atoms with Crippen LogP contribution in [0.5, 0.6) is 57.5 Å². The Morgan fingerprint density at radius 3 is 1.24 bits per heavy atom. The first-order valence-corrected chi connectivity index (χ1v) is 46.2. The largest absolute Gasteiger partial charge is 0.507 e. The van der Waals surface area contributed by atoms with Gasteiger partial charge in [-0.2, -0.15) is 0 Å². The number of ether oxygens (including phenoxy) is 9. The number of halogens is 9. The van der Waals surface area contributed by atoms with E-state index in [1.807, 2.05) is 50.2 Å². The van der Waals surface area contributed by atoms with Gasteiger partial charge in [-0.25, -0.2) is 37.5 Å². The van der Waals surface area contributed by atoms with Gasteiger partial charge in [0, 0.05) is 104 Å². The fourth-order valence-electron chi connectivity index (χ4n) is 14.3. The highest BCUT2D eigenvalue weighted by Gasteiger charge is 2.39. The highest BCUT2D eigenvalue weighted by atomic mass is 79.9. The summed E-state index contributed by atoms with van der Waals surface area (Å²) in [6.45, 7) is 26.8. The van der Waals surface area contributed by atoms with Crippen LogP contribution >= 0.6 is 75.3 Å². The summed E-state index contributed by atoms with van der Waals surface area (Å²) in [7, 11) is 7.66. The molecule has 0 saturated heterocycles. The third-order valence-corrected chi connectivity index (χ3v) is 24.8. The van der Waals surface area contributed by atoms with Crippen molar-refractivity contribution in [2.45, 2.75) is 164 Å². The molecule has 5 aliphatic rings. The average Bonchev–Trinajstić information content (AvgIpc) is 1.60. The third kappa shape index (κ3) is 32.8. The van der Waals surface area contributed by atoms with Gasteiger partial charge in [0.15, 0.2) is 11.6 Å². The predicted octanol–water partition coefficient (Wildman–Crippen LogP) is 29.1. The number of phenols is 1. The molecule has 0 spiro atoms. The first-order chi connectivity index (χ1) is 66.2. The second kappa shape index (κ2) is 57.4. The molecule has 7 heterocycles. The van der Waals surface area contributed by atoms with Gasteiger partial charge in [-0.05, 0) is 158 Å². The lowest BCUT2D eigenvalue weighted by Gasteiger charge is -2.18. The smallest absolute Gasteiger partial charge is 0.273 e. The van der Waals surface area contributed by atoms with Crippen LogP contribution in [0.25, 0.3) is 22.8 Å². The number of anilines is 1. The highest BCUT2D eigenvalue weighted by molar-refractivity contribution is 9.11. The molecule has 0 bridgehead atoms. The van der Waals surface area contributed by atoms with E-state index in [0.717, 1.165) is 80.7 Å². The zero-order valence-corrected chi connectivity index (χ0v) is 85.1. The summed E-state index contributed by atoms with van der Waals surface area (Å²) in [5.41, 5.74) is 15.2. The van der Waals surface area contributed by atoms with E-state index in [0.29, 0.717) is 96.1 Å². The second-order valence-electron chi connectivity index (χ2n) is 33.7. The lowest BCUT2D eigenvalue weighted by Crippen LogP contribution is -2.24. The molecule has 5 aliphatic heterocycles. The zero-order valence-electron chi connectivity index (χ0n) is 78.0. The SMILES string of the molecule is C.C.C.C.C.C.C.C.C=C(C)CBr.C=C(C)COc1cc([N+](=O)[O-])ccc1Br.CC1(C)COc2cc(N)ccc21.CC1(C)COc2cc([N+](=O)[O-])ccc21.COc1cc([N+](=O)[O-])ccc1Br.COc1ccc(CN2Cc3nc(-c4c(F)cccc4F)nc(Cc4ccc5c(c4)OCC5(C)C)c3C2=O)c(OC)c1.COc1ccc(CN2Cc3nc(-c4c(F)cccc4F)nc(Cl)c3C2=O)c(OC)c1.O=[N+]([O-])c1ccc(Br)c(O)c1. The maximum absolute atomic E-state index is 14.8. The predicted molar refractivity (Wildman–Crippen MR) is 588 cm³/mol. The minimum atomic E-state index is -0.810. The first kappa shape index (κ1) is 130. The van der Waals surface area contributed by atoms with Crippen molar-refractivity contribution < 1.29 is 94.6 Å². The zero-order chi connectivity index (χ0) is 103. The standard InChI is InChI=1S/C32H29F2N3O4.C21H16ClF2N3O3.C10H10BrNO3.C10H11NO3.C10H13NO.C7H6BrNO3.C6H4BrNO3.C4H7Br.8CH4/c1-32(2)17-41-27-13-18(8-11-21(27)32)12-24-29-25(36-30(35-24)28-22(33)6-5-7-23(28)34)16-37(31(29)38)15-19-9-10-20(39-3)14-26(19)40-4;1-29-12-7-6-11(16(8-12)30-2)9-27-10-15-18(21(27)28)19(22)26-20(25-15)17-13(23)4-3-5-14(17)24;1-7(2)6-15-10-5-8(12(13)14)3-4-9(10)11;1-10(2)6-14-9-5-7(11(12)13)3-4-8(9)10;1-10(2)6-12-9-5-7(11)3-4-8(9)10;1-12-7-4-5(9(10)11)2-3-6(7)8;7-5-2-1-4(8(10)11)3-6(5)9;1-4(2)3-5;;;;;;;;/h5-11,13-14H,12,15-17H2,1-4H3;3-8H,9-10H2,1-2H3;3-5H,1,6H2,2H3;3-5H,6H2,1-2H3;3-5H,6,11H2,1-2H3;2-4H,1H3;1-3,9H;1,3H2,2H3;8*1H4. The van der Waals surface area contributed by atoms with Gasteiger partial charge in [-0.3, -0.25) is 50.0 Å². The number of amides is 2. The van der Waals surface area contributed by atoms with E-state index in [4.69, 9.17) is 65.1 Å². The number of allylic oxidation sites excluding steroid dienone is 1. The fourth-order valence-corrected chi connectivity index (χ4v) is 15.6. The number of non-ortho nitro benzene ring substituents is 4. The number of fused-ring (bicyclic) bond motifs is 5. The number of rotatable bonds is 21. The molecule has 0 unspecified atom stereocenters. The second-order valence-corrected chi connectivity index (χ2v) is 37.2. The van der Waals surface area contributed by atoms with Crippen LogP contribution in [0.3, 0.4) is 0 Å². The summed E-state index contributed by atoms with van der Waals surface area (Å²) < 4.78 is 108. The van der Waals surface area contributed by atoms with E-state index in [9.17, 15) is 67.6 Å². The van der Waals surface area contributed by atoms with Gasteiger partial charge < -0.3 is 63.3 Å². The minimum absolute atomic E-state index is 0. The maximum atomic E-state index is 14.8. The molecule has 0 aliphatic carbocycles. The molecule has 0 fully saturated rings. The Balaban J connectivity index is 0.000000609. The van der Waals surface area contributed by atoms with Gasteiger partial charge in [-0.1, -0.05) is 178 Å². The van der Waals surface area contributed by atoms with Crippen LogP contribution in [0, 0.1) is 63.7 Å². The molecule has 10 aromatic carbocycles. The van der Waals surface area contributed by atoms with Crippen LogP contribution in [0.15, 0.2) is 220 Å². The number of phenolic OH excluding ortho intramolecular Hbond substituents is 1. The number of nitrogen functional groups attached to an aromatic ring is 1. The van der Waals surface area contributed by atoms with Crippen molar-refractivity contribution in [3.05, 3.63) is 350 Å². The van der Waals surface area contributed by atoms with Gasteiger partial charge in [0.2, 0.25) is 0 Å². The molecule has 148 heavy (non-hydrogen) atoms. The molecule has 2 amide bonds. The maximum Gasteiger partial charge on any atom is 0.273 e. The summed E-state index contributed by atoms with van der Waals surface area (Å²) in [6.07, 6.45) is 0.260. The minimum Gasteiger partial charge on any atom is -0.507 e. The number of nitrogens with zero attached hydrogens (tertiary/aromatic N) is 10. The number of aromatic nitrogens is 4. The Morgan fingerprint density at radius 2 is 0.824 bits per heavy atom. The molecule has 0 saturated carbocycles. The number of carbonyl (C=O) groups excluding carboxylic acids is 2. The van der Waals surface area contributed by atoms with Crippen molar-refractivity contribution in [3.8, 4) is 80.3 Å². The van der Waals surface area contributed by atoms with Crippen molar-refractivity contribution in [1.82, 2.24) is 29.7 Å². The Kier molecular flexibility index (Phi) is 50.5. The molecule has 31 nitrogen and oxygen atoms in total. The number of nitrogens with two attached hydrogens (primary N) is 1. The van der Waals surface area contributed by atoms with Crippen LogP contribution in [-0.4, -0.2) is 134 Å². The third-order valence-electron chi connectivity index (χ3n) is 21.6. The van der Waals surface area contributed by atoms with E-state index in [1.54, 1.807) is 74.8 Å². The van der Waals surface area contributed by atoms with E-state index >= 15 is 0 Å². The Bertz CT molecular complexity index is 6690. The number of methoxy groups -OCH3 is 5. The molecule has 798 valence electrons. The van der Waals surface area contributed by atoms with Crippen molar-refractivity contribution >= 4 is 116 Å². The molecule has 0 radical (unpaired) electrons. The topological polar surface area (TPSA) is 394 Å². The van der Waals surface area contributed by atoms with E-state index in [2.05, 4.69) is 144 Å². The normalized spacial score (nSPS) is 12.6. The molecule has 40 heteroatoms. The molecule has 0 atom stereocenters. The highest BCUT2D eigenvalue weighted by Crippen LogP contribution is 2.45. The summed E-state index contributed by atoms with van der Waals surface area (Å²) in [5.74, 6) is 1.48. The van der Waals surface area contributed by atoms with Crippen molar-refractivity contribution in [1.29, 1.82) is 0 Å². The number of hydrogen-bond donors (Lipinski definition) is 2. The van der Waals surface area contributed by atoms with E-state index < -0.39 is 43.0 Å². The number of benzene rings is 10. The number of carbonyl (C=O) groups is 2. The average molecular weight is 2330 g/mol. The Hall–Kier alpha value is -13.9. The van der Waals surface area contributed by atoms with Gasteiger partial charge in [-0.15, -0.1) is 0 Å². The van der Waals surface area contributed by atoms with Gasteiger partial charge in [0.25, 0.3) is 34.6 Å². The lowest BCUT2D eigenvalue weighted by atomic mass is 9.86. The number of hydrogen-bond acceptors (Lipinski definition) is 25. The van der Waals surface area contributed by atoms with Crippen LogP contribution < -0.4 is 48.4 Å². The molecule has 3 N–H and O–H groups in total. The van der Waals surface area contributed by atoms with Gasteiger partial charge in [0.05, 0.1) is 173 Å². The van der Waals surface area contributed by atoms with Gasteiger partial charge >= 0.3 is 0 Å². The monoisotopic (exact) mass is 2330 g/mol. The quantitative estimate of drug-likeness (QED) is 0.0128. The number of nitro benzene ring substituents is 4. The summed E-state index contributed by atoms with van der Waals surface area (Å²) in [5, 5.41) is 51.3. The lowest BCUT2D eigenvalue weighted by molar-refractivity contribution is -0.385. The molecule has 12 aromatic rings. The van der Waals surface area contributed by atoms with E-state index in [-0.39, 0.29) is 182 Å². The Labute approximate surface area is 900 Å². The van der Waals surface area contributed by atoms with Crippen molar-refractivity contribution in [2.75, 3.05) is 73.0 Å². The summed E-state index contributed by atoms with van der Waals surface area (Å²) >= 11 is 18.9. The first-order valence-electron chi connectivity index (χ1n) is 42.3.